The lowest BCUT2D eigenvalue weighted by molar-refractivity contribution is 0.240. The third-order valence-electron chi connectivity index (χ3n) is 5.12. The molecule has 0 bridgehead atoms. The number of hydrogen-bond donors (Lipinski definition) is 2. The van der Waals surface area contributed by atoms with Gasteiger partial charge in [0.1, 0.15) is 0 Å². The van der Waals surface area contributed by atoms with Crippen LogP contribution in [0.25, 0.3) is 0 Å². The first-order valence-corrected chi connectivity index (χ1v) is 9.28. The van der Waals surface area contributed by atoms with Crippen LogP contribution in [0.3, 0.4) is 0 Å². The maximum Gasteiger partial charge on any atom is -0.00772 e. The Hall–Kier alpha value is -0.0800. The molecule has 0 amide bonds. The van der Waals surface area contributed by atoms with E-state index in [0.717, 1.165) is 24.9 Å². The Morgan fingerprint density at radius 3 is 1.25 bits per heavy atom. The van der Waals surface area contributed by atoms with Gasteiger partial charge >= 0.3 is 0 Å². The van der Waals surface area contributed by atoms with Gasteiger partial charge in [0, 0.05) is 0 Å². The van der Waals surface area contributed by atoms with E-state index in [4.69, 9.17) is 11.5 Å². The highest BCUT2D eigenvalue weighted by Crippen LogP contribution is 2.32. The topological polar surface area (TPSA) is 52.0 Å². The van der Waals surface area contributed by atoms with Crippen molar-refractivity contribution in [2.75, 3.05) is 13.1 Å². The highest BCUT2D eigenvalue weighted by atomic mass is 14.5. The van der Waals surface area contributed by atoms with Gasteiger partial charge < -0.3 is 11.5 Å². The van der Waals surface area contributed by atoms with E-state index in [1.165, 1.54) is 89.9 Å². The lowest BCUT2D eigenvalue weighted by atomic mass is 9.78. The summed E-state index contributed by atoms with van der Waals surface area (Å²) in [5, 5.41) is 0. The van der Waals surface area contributed by atoms with E-state index in [1.807, 2.05) is 0 Å². The Morgan fingerprint density at radius 2 is 0.900 bits per heavy atom. The molecular formula is C18H38N2. The Labute approximate surface area is 127 Å². The predicted molar refractivity (Wildman–Crippen MR) is 89.7 cm³/mol. The maximum absolute atomic E-state index is 5.74. The van der Waals surface area contributed by atoms with Gasteiger partial charge in [0.25, 0.3) is 0 Å². The first-order chi connectivity index (χ1) is 9.88. The fourth-order valence-electron chi connectivity index (χ4n) is 3.87. The zero-order valence-corrected chi connectivity index (χ0v) is 13.6. The van der Waals surface area contributed by atoms with Crippen molar-refractivity contribution in [1.82, 2.24) is 0 Å². The van der Waals surface area contributed by atoms with Crippen molar-refractivity contribution in [3.05, 3.63) is 0 Å². The van der Waals surface area contributed by atoms with Crippen LogP contribution in [0.1, 0.15) is 89.9 Å². The Kier molecular flexibility index (Phi) is 11.4. The summed E-state index contributed by atoms with van der Waals surface area (Å²) in [6.07, 6.45) is 19.6. The summed E-state index contributed by atoms with van der Waals surface area (Å²) in [7, 11) is 0. The fraction of sp³-hybridized carbons (Fsp3) is 1.00. The second-order valence-corrected chi connectivity index (χ2v) is 6.79. The average Bonchev–Trinajstić information content (AvgIpc) is 2.45. The molecule has 1 aliphatic rings. The van der Waals surface area contributed by atoms with Crippen LogP contribution in [0.4, 0.5) is 0 Å². The number of nitrogens with two attached hydrogens (primary N) is 2. The highest BCUT2D eigenvalue weighted by molar-refractivity contribution is 4.72. The van der Waals surface area contributed by atoms with Gasteiger partial charge in [-0.3, -0.25) is 0 Å². The highest BCUT2D eigenvalue weighted by Gasteiger charge is 2.20. The van der Waals surface area contributed by atoms with Gasteiger partial charge in [-0.25, -0.2) is 0 Å². The maximum atomic E-state index is 5.74. The lowest BCUT2D eigenvalue weighted by Gasteiger charge is -2.28. The van der Waals surface area contributed by atoms with Crippen LogP contribution in [0.2, 0.25) is 0 Å². The summed E-state index contributed by atoms with van der Waals surface area (Å²) in [5.74, 6) is 1.84. The summed E-state index contributed by atoms with van der Waals surface area (Å²) in [6, 6.07) is 0. The van der Waals surface area contributed by atoms with Crippen molar-refractivity contribution in [2.24, 2.45) is 23.3 Å². The van der Waals surface area contributed by atoms with Gasteiger partial charge in [-0.1, -0.05) is 64.2 Å². The molecule has 2 nitrogen and oxygen atoms in total. The number of hydrogen-bond acceptors (Lipinski definition) is 2. The molecule has 0 aromatic carbocycles. The normalized spacial score (nSPS) is 26.7. The van der Waals surface area contributed by atoms with Gasteiger partial charge in [0.05, 0.1) is 0 Å². The van der Waals surface area contributed by atoms with E-state index in [9.17, 15) is 0 Å². The third kappa shape index (κ3) is 8.26. The SMILES string of the molecule is NCCCC1CCCCCCCCCCC1CCCN. The van der Waals surface area contributed by atoms with Crippen LogP contribution in [0, 0.1) is 11.8 Å². The molecule has 1 fully saturated rings. The minimum Gasteiger partial charge on any atom is -0.330 e. The van der Waals surface area contributed by atoms with Crippen molar-refractivity contribution in [1.29, 1.82) is 0 Å². The van der Waals surface area contributed by atoms with Crippen molar-refractivity contribution in [2.45, 2.75) is 89.9 Å². The zero-order chi connectivity index (χ0) is 14.5. The van der Waals surface area contributed by atoms with E-state index in [0.29, 0.717) is 0 Å². The minimum atomic E-state index is 0.861. The smallest absolute Gasteiger partial charge is 0.00772 e. The molecule has 2 unspecified atom stereocenters. The predicted octanol–water partition coefficient (Wildman–Crippen LogP) is 4.61. The van der Waals surface area contributed by atoms with E-state index in [2.05, 4.69) is 0 Å². The molecule has 0 radical (unpaired) electrons. The summed E-state index contributed by atoms with van der Waals surface area (Å²) < 4.78 is 0. The molecule has 120 valence electrons. The summed E-state index contributed by atoms with van der Waals surface area (Å²) >= 11 is 0. The largest absolute Gasteiger partial charge is 0.330 e. The summed E-state index contributed by atoms with van der Waals surface area (Å²) in [4.78, 5) is 0. The third-order valence-corrected chi connectivity index (χ3v) is 5.12. The van der Waals surface area contributed by atoms with Crippen molar-refractivity contribution in [3.8, 4) is 0 Å². The molecule has 0 aliphatic heterocycles. The van der Waals surface area contributed by atoms with Crippen LogP contribution in [-0.2, 0) is 0 Å². The van der Waals surface area contributed by atoms with Crippen molar-refractivity contribution < 1.29 is 0 Å². The molecule has 20 heavy (non-hydrogen) atoms. The Morgan fingerprint density at radius 1 is 0.550 bits per heavy atom. The molecule has 2 heteroatoms. The van der Waals surface area contributed by atoms with E-state index < -0.39 is 0 Å². The summed E-state index contributed by atoms with van der Waals surface area (Å²) in [5.41, 5.74) is 11.5. The lowest BCUT2D eigenvalue weighted by Crippen LogP contribution is -2.18. The summed E-state index contributed by atoms with van der Waals surface area (Å²) in [6.45, 7) is 1.72. The van der Waals surface area contributed by atoms with Crippen molar-refractivity contribution in [3.63, 3.8) is 0 Å². The zero-order valence-electron chi connectivity index (χ0n) is 13.6. The molecule has 4 N–H and O–H groups in total. The Balaban J connectivity index is 2.50. The first kappa shape index (κ1) is 18.0. The molecule has 0 aromatic rings. The monoisotopic (exact) mass is 282 g/mol. The minimum absolute atomic E-state index is 0.861. The molecule has 1 saturated carbocycles. The van der Waals surface area contributed by atoms with Crippen LogP contribution < -0.4 is 11.5 Å². The second kappa shape index (κ2) is 12.6. The van der Waals surface area contributed by atoms with E-state index >= 15 is 0 Å². The average molecular weight is 283 g/mol. The number of rotatable bonds is 6. The Bertz CT molecular complexity index is 184. The van der Waals surface area contributed by atoms with Gasteiger partial charge in [0.2, 0.25) is 0 Å². The van der Waals surface area contributed by atoms with Gasteiger partial charge in [0.15, 0.2) is 0 Å². The van der Waals surface area contributed by atoms with Gasteiger partial charge in [-0.2, -0.15) is 0 Å². The van der Waals surface area contributed by atoms with E-state index in [1.54, 1.807) is 0 Å². The van der Waals surface area contributed by atoms with Crippen LogP contribution in [0.15, 0.2) is 0 Å². The van der Waals surface area contributed by atoms with Crippen LogP contribution in [0.5, 0.6) is 0 Å². The molecule has 0 aromatic heterocycles. The molecule has 0 spiro atoms. The van der Waals surface area contributed by atoms with Crippen LogP contribution >= 0.6 is 0 Å². The van der Waals surface area contributed by atoms with E-state index in [-0.39, 0.29) is 0 Å². The van der Waals surface area contributed by atoms with Gasteiger partial charge in [-0.15, -0.1) is 0 Å². The molecule has 2 atom stereocenters. The first-order valence-electron chi connectivity index (χ1n) is 9.28. The molecule has 0 saturated heterocycles. The van der Waals surface area contributed by atoms with Crippen LogP contribution in [-0.4, -0.2) is 13.1 Å². The van der Waals surface area contributed by atoms with Crippen molar-refractivity contribution >= 4 is 0 Å². The van der Waals surface area contributed by atoms with Gasteiger partial charge in [-0.05, 0) is 50.6 Å². The molecule has 0 heterocycles. The quantitative estimate of drug-likeness (QED) is 0.747. The molecule has 1 rings (SSSR count). The standard InChI is InChI=1S/C18H38N2/c19-15-9-13-17-11-7-5-3-1-2-4-6-8-12-18(17)14-10-16-20/h17-18H,1-16,19-20H2. The molecule has 1 aliphatic carbocycles. The second-order valence-electron chi connectivity index (χ2n) is 6.79. The fourth-order valence-corrected chi connectivity index (χ4v) is 3.87. The molecular weight excluding hydrogens is 244 g/mol.